The van der Waals surface area contributed by atoms with Crippen LogP contribution in [0.5, 0.6) is 0 Å². The highest BCUT2D eigenvalue weighted by Crippen LogP contribution is 2.24. The van der Waals surface area contributed by atoms with Gasteiger partial charge in [-0.05, 0) is 36.8 Å². The Balaban J connectivity index is 2.21. The molecule has 2 aromatic carbocycles. The van der Waals surface area contributed by atoms with Gasteiger partial charge in [-0.2, -0.15) is 0 Å². The maximum absolute atomic E-state index is 6.26. The summed E-state index contributed by atoms with van der Waals surface area (Å²) in [6.07, 6.45) is 0. The van der Waals surface area contributed by atoms with Crippen molar-refractivity contribution in [1.29, 1.82) is 0 Å². The number of nitrogens with zero attached hydrogens (tertiary/aromatic N) is 1. The molecule has 0 aliphatic heterocycles. The van der Waals surface area contributed by atoms with Crippen LogP contribution in [-0.4, -0.2) is 6.54 Å². The summed E-state index contributed by atoms with van der Waals surface area (Å²) < 4.78 is 1.01. The van der Waals surface area contributed by atoms with E-state index in [1.54, 1.807) is 0 Å². The summed E-state index contributed by atoms with van der Waals surface area (Å²) in [4.78, 5) is 2.30. The van der Waals surface area contributed by atoms with Crippen molar-refractivity contribution in [2.45, 2.75) is 13.5 Å². The Morgan fingerprint density at radius 1 is 1.11 bits per heavy atom. The van der Waals surface area contributed by atoms with Gasteiger partial charge in [0.15, 0.2) is 0 Å². The normalized spacial score (nSPS) is 10.4. The van der Waals surface area contributed by atoms with Gasteiger partial charge in [-0.1, -0.05) is 51.8 Å². The van der Waals surface area contributed by atoms with E-state index in [4.69, 9.17) is 11.6 Å². The molecular weight excluding hydrogens is 310 g/mol. The molecule has 0 aliphatic rings. The molecule has 0 amide bonds. The van der Waals surface area contributed by atoms with Crippen LogP contribution in [0.15, 0.2) is 53.0 Å². The molecule has 0 fully saturated rings. The van der Waals surface area contributed by atoms with Gasteiger partial charge in [-0.25, -0.2) is 0 Å². The number of halogens is 2. The molecule has 0 heterocycles. The van der Waals surface area contributed by atoms with Crippen molar-refractivity contribution in [2.75, 3.05) is 11.4 Å². The molecule has 3 heteroatoms. The van der Waals surface area contributed by atoms with Gasteiger partial charge in [0.25, 0.3) is 0 Å². The zero-order chi connectivity index (χ0) is 13.0. The van der Waals surface area contributed by atoms with E-state index in [0.717, 1.165) is 28.1 Å². The minimum Gasteiger partial charge on any atom is -0.367 e. The molecule has 0 aromatic heterocycles. The van der Waals surface area contributed by atoms with E-state index >= 15 is 0 Å². The van der Waals surface area contributed by atoms with Gasteiger partial charge >= 0.3 is 0 Å². The van der Waals surface area contributed by atoms with Crippen LogP contribution >= 0.6 is 27.5 Å². The van der Waals surface area contributed by atoms with Crippen LogP contribution in [0.3, 0.4) is 0 Å². The second-order valence-electron chi connectivity index (χ2n) is 4.09. The minimum atomic E-state index is 0.804. The summed E-state index contributed by atoms with van der Waals surface area (Å²) in [6.45, 7) is 3.93. The van der Waals surface area contributed by atoms with Gasteiger partial charge in [-0.15, -0.1) is 0 Å². The number of anilines is 1. The van der Waals surface area contributed by atoms with Crippen molar-refractivity contribution in [3.8, 4) is 0 Å². The lowest BCUT2D eigenvalue weighted by Crippen LogP contribution is -2.21. The van der Waals surface area contributed by atoms with E-state index in [1.165, 1.54) is 5.69 Å². The van der Waals surface area contributed by atoms with Crippen LogP contribution in [0.2, 0.25) is 5.02 Å². The number of para-hydroxylation sites is 1. The first kappa shape index (κ1) is 13.4. The van der Waals surface area contributed by atoms with Gasteiger partial charge in [-0.3, -0.25) is 0 Å². The van der Waals surface area contributed by atoms with Gasteiger partial charge in [0.1, 0.15) is 0 Å². The lowest BCUT2D eigenvalue weighted by Gasteiger charge is -2.23. The Labute approximate surface area is 122 Å². The zero-order valence-electron chi connectivity index (χ0n) is 10.2. The lowest BCUT2D eigenvalue weighted by atomic mass is 10.2. The molecule has 2 aromatic rings. The molecule has 0 aliphatic carbocycles. The third-order valence-corrected chi connectivity index (χ3v) is 3.72. The number of rotatable bonds is 4. The predicted molar refractivity (Wildman–Crippen MR) is 82.3 cm³/mol. The Hall–Kier alpha value is -0.990. The first-order valence-electron chi connectivity index (χ1n) is 5.94. The molecule has 2 rings (SSSR count). The maximum Gasteiger partial charge on any atom is 0.0467 e. The van der Waals surface area contributed by atoms with Crippen LogP contribution in [0, 0.1) is 0 Å². The van der Waals surface area contributed by atoms with Crippen LogP contribution in [0.1, 0.15) is 12.5 Å². The SMILES string of the molecule is CCN(Cc1ccc(Br)cc1Cl)c1ccccc1. The molecule has 0 spiro atoms. The number of benzene rings is 2. The molecule has 0 atom stereocenters. The van der Waals surface area contributed by atoms with Crippen LogP contribution < -0.4 is 4.90 Å². The summed E-state index contributed by atoms with van der Waals surface area (Å²) in [7, 11) is 0. The van der Waals surface area contributed by atoms with Crippen molar-refractivity contribution in [2.24, 2.45) is 0 Å². The second kappa shape index (κ2) is 6.26. The Morgan fingerprint density at radius 3 is 2.44 bits per heavy atom. The first-order valence-corrected chi connectivity index (χ1v) is 7.11. The largest absolute Gasteiger partial charge is 0.367 e. The number of hydrogen-bond acceptors (Lipinski definition) is 1. The van der Waals surface area contributed by atoms with E-state index in [2.05, 4.69) is 58.1 Å². The first-order chi connectivity index (χ1) is 8.70. The minimum absolute atomic E-state index is 0.804. The van der Waals surface area contributed by atoms with E-state index < -0.39 is 0 Å². The monoisotopic (exact) mass is 323 g/mol. The molecule has 0 radical (unpaired) electrons. The summed E-state index contributed by atoms with van der Waals surface area (Å²) in [5, 5.41) is 0.804. The highest BCUT2D eigenvalue weighted by molar-refractivity contribution is 9.10. The van der Waals surface area contributed by atoms with Crippen LogP contribution in [-0.2, 0) is 6.54 Å². The Bertz CT molecular complexity index is 513. The van der Waals surface area contributed by atoms with Crippen molar-refractivity contribution in [1.82, 2.24) is 0 Å². The predicted octanol–water partition coefficient (Wildman–Crippen LogP) is 5.13. The summed E-state index contributed by atoms with van der Waals surface area (Å²) in [5.74, 6) is 0. The topological polar surface area (TPSA) is 3.24 Å². The van der Waals surface area contributed by atoms with Gasteiger partial charge in [0, 0.05) is 28.3 Å². The van der Waals surface area contributed by atoms with Crippen molar-refractivity contribution < 1.29 is 0 Å². The standard InChI is InChI=1S/C15H15BrClN/c1-2-18(14-6-4-3-5-7-14)11-12-8-9-13(16)10-15(12)17/h3-10H,2,11H2,1H3. The van der Waals surface area contributed by atoms with Crippen molar-refractivity contribution in [3.63, 3.8) is 0 Å². The zero-order valence-corrected chi connectivity index (χ0v) is 12.6. The van der Waals surface area contributed by atoms with Gasteiger partial charge in [0.05, 0.1) is 0 Å². The summed E-state index contributed by atoms with van der Waals surface area (Å²) in [5.41, 5.74) is 2.37. The molecule has 0 saturated carbocycles. The fourth-order valence-electron chi connectivity index (χ4n) is 1.88. The molecule has 0 unspecified atom stereocenters. The van der Waals surface area contributed by atoms with E-state index in [-0.39, 0.29) is 0 Å². The molecule has 1 nitrogen and oxygen atoms in total. The van der Waals surface area contributed by atoms with E-state index in [0.29, 0.717) is 0 Å². The third kappa shape index (κ3) is 3.27. The van der Waals surface area contributed by atoms with Crippen molar-refractivity contribution >= 4 is 33.2 Å². The van der Waals surface area contributed by atoms with Crippen LogP contribution in [0.4, 0.5) is 5.69 Å². The number of hydrogen-bond donors (Lipinski definition) is 0. The van der Waals surface area contributed by atoms with Crippen LogP contribution in [0.25, 0.3) is 0 Å². The molecule has 0 saturated heterocycles. The third-order valence-electron chi connectivity index (χ3n) is 2.88. The van der Waals surface area contributed by atoms with E-state index in [9.17, 15) is 0 Å². The Morgan fingerprint density at radius 2 is 1.83 bits per heavy atom. The summed E-state index contributed by atoms with van der Waals surface area (Å²) in [6, 6.07) is 16.4. The Kier molecular flexibility index (Phi) is 4.67. The molecular formula is C15H15BrClN. The average molecular weight is 325 g/mol. The molecule has 18 heavy (non-hydrogen) atoms. The van der Waals surface area contributed by atoms with Crippen molar-refractivity contribution in [3.05, 3.63) is 63.6 Å². The van der Waals surface area contributed by atoms with Gasteiger partial charge in [0.2, 0.25) is 0 Å². The maximum atomic E-state index is 6.26. The fourth-order valence-corrected chi connectivity index (χ4v) is 2.61. The molecule has 94 valence electrons. The quantitative estimate of drug-likeness (QED) is 0.753. The fraction of sp³-hybridized carbons (Fsp3) is 0.200. The highest BCUT2D eigenvalue weighted by Gasteiger charge is 2.07. The average Bonchev–Trinajstić information content (AvgIpc) is 2.39. The molecule has 0 bridgehead atoms. The highest BCUT2D eigenvalue weighted by atomic mass is 79.9. The lowest BCUT2D eigenvalue weighted by molar-refractivity contribution is 0.832. The van der Waals surface area contributed by atoms with Gasteiger partial charge < -0.3 is 4.90 Å². The smallest absolute Gasteiger partial charge is 0.0467 e. The summed E-state index contributed by atoms with van der Waals surface area (Å²) >= 11 is 9.69. The van der Waals surface area contributed by atoms with E-state index in [1.807, 2.05) is 18.2 Å². The molecule has 0 N–H and O–H groups in total. The second-order valence-corrected chi connectivity index (χ2v) is 5.41.